The zero-order valence-corrected chi connectivity index (χ0v) is 13.8. The van der Waals surface area contributed by atoms with Gasteiger partial charge in [0.1, 0.15) is 0 Å². The summed E-state index contributed by atoms with van der Waals surface area (Å²) in [6.45, 7) is 0.796. The highest BCUT2D eigenvalue weighted by atomic mass is 32.2. The van der Waals surface area contributed by atoms with Crippen LogP contribution in [0.25, 0.3) is 11.3 Å². The SMILES string of the molecule is CSCCN(C=N)c1cccc(-c2csc(N=C(N)N)n2)c1. The molecule has 22 heavy (non-hydrogen) atoms. The Morgan fingerprint density at radius 2 is 2.32 bits per heavy atom. The van der Waals surface area contributed by atoms with Gasteiger partial charge in [-0.05, 0) is 18.4 Å². The molecule has 2 aromatic rings. The summed E-state index contributed by atoms with van der Waals surface area (Å²) in [6, 6.07) is 7.94. The van der Waals surface area contributed by atoms with E-state index in [-0.39, 0.29) is 5.96 Å². The number of thioether (sulfide) groups is 1. The van der Waals surface area contributed by atoms with Crippen molar-refractivity contribution in [3.05, 3.63) is 29.6 Å². The molecule has 0 aliphatic carbocycles. The lowest BCUT2D eigenvalue weighted by atomic mass is 10.1. The second-order valence-corrected chi connectivity index (χ2v) is 6.24. The normalized spacial score (nSPS) is 10.2. The van der Waals surface area contributed by atoms with Gasteiger partial charge in [0, 0.05) is 28.9 Å². The summed E-state index contributed by atoms with van der Waals surface area (Å²) in [5.41, 5.74) is 13.5. The van der Waals surface area contributed by atoms with Crippen molar-refractivity contribution in [3.63, 3.8) is 0 Å². The van der Waals surface area contributed by atoms with Gasteiger partial charge in [0.05, 0.1) is 12.0 Å². The number of nitrogens with one attached hydrogen (secondary N) is 1. The topological polar surface area (TPSA) is 104 Å². The number of thiazole rings is 1. The molecule has 5 N–H and O–H groups in total. The van der Waals surface area contributed by atoms with Gasteiger partial charge in [0.2, 0.25) is 5.13 Å². The highest BCUT2D eigenvalue weighted by Crippen LogP contribution is 2.29. The van der Waals surface area contributed by atoms with E-state index in [1.165, 1.54) is 17.7 Å². The van der Waals surface area contributed by atoms with Crippen molar-refractivity contribution in [3.8, 4) is 11.3 Å². The van der Waals surface area contributed by atoms with Gasteiger partial charge in [-0.25, -0.2) is 4.98 Å². The van der Waals surface area contributed by atoms with Crippen LogP contribution in [-0.4, -0.2) is 35.8 Å². The maximum Gasteiger partial charge on any atom is 0.212 e. The molecule has 0 aliphatic heterocycles. The standard InChI is InChI=1S/C14H18N6S2/c1-21-6-5-20(9-15)11-4-2-3-10(7-11)12-8-22-14(18-12)19-13(16)17/h2-4,7-9,15H,5-6H2,1H3,(H4,16,17,18,19). The van der Waals surface area contributed by atoms with Crippen LogP contribution in [0.3, 0.4) is 0 Å². The molecule has 116 valence electrons. The van der Waals surface area contributed by atoms with Gasteiger partial charge >= 0.3 is 0 Å². The Morgan fingerprint density at radius 3 is 3.00 bits per heavy atom. The maximum atomic E-state index is 7.56. The fourth-order valence-corrected chi connectivity index (χ4v) is 2.95. The van der Waals surface area contributed by atoms with Gasteiger partial charge in [0.15, 0.2) is 5.96 Å². The number of nitrogens with zero attached hydrogens (tertiary/aromatic N) is 3. The molecular formula is C14H18N6S2. The third-order valence-corrected chi connectivity index (χ3v) is 4.21. The molecule has 1 aromatic heterocycles. The van der Waals surface area contributed by atoms with Crippen molar-refractivity contribution < 1.29 is 0 Å². The molecule has 0 aliphatic rings. The van der Waals surface area contributed by atoms with Gasteiger partial charge in [-0.2, -0.15) is 16.8 Å². The van der Waals surface area contributed by atoms with Crippen molar-refractivity contribution in [1.29, 1.82) is 5.41 Å². The lowest BCUT2D eigenvalue weighted by Gasteiger charge is -2.19. The van der Waals surface area contributed by atoms with Crippen LogP contribution in [0.5, 0.6) is 0 Å². The van der Waals surface area contributed by atoms with Crippen molar-refractivity contribution >= 4 is 46.2 Å². The second kappa shape index (κ2) is 7.81. The number of hydrogen-bond donors (Lipinski definition) is 3. The number of guanidine groups is 1. The molecule has 0 fully saturated rings. The lowest BCUT2D eigenvalue weighted by molar-refractivity contribution is 1.08. The summed E-state index contributed by atoms with van der Waals surface area (Å²) in [4.78, 5) is 10.3. The minimum atomic E-state index is 0.00157. The van der Waals surface area contributed by atoms with Gasteiger partial charge in [-0.15, -0.1) is 11.3 Å². The number of aliphatic imine (C=N–C) groups is 1. The average molecular weight is 334 g/mol. The Labute approximate surface area is 137 Å². The molecule has 0 bridgehead atoms. The quantitative estimate of drug-likeness (QED) is 0.533. The summed E-state index contributed by atoms with van der Waals surface area (Å²) < 4.78 is 0. The van der Waals surface area contributed by atoms with Gasteiger partial charge in [-0.3, -0.25) is 5.41 Å². The highest BCUT2D eigenvalue weighted by Gasteiger charge is 2.08. The zero-order valence-electron chi connectivity index (χ0n) is 12.2. The van der Waals surface area contributed by atoms with E-state index in [0.717, 1.165) is 29.2 Å². The first-order valence-corrected chi connectivity index (χ1v) is 8.83. The largest absolute Gasteiger partial charge is 0.370 e. The summed E-state index contributed by atoms with van der Waals surface area (Å²) in [5, 5.41) is 10.0. The molecule has 0 spiro atoms. The van der Waals surface area contributed by atoms with Crippen LogP contribution in [0.4, 0.5) is 10.8 Å². The summed E-state index contributed by atoms with van der Waals surface area (Å²) in [5.74, 6) is 0.965. The predicted octanol–water partition coefficient (Wildman–Crippen LogP) is 2.49. The average Bonchev–Trinajstić information content (AvgIpc) is 2.96. The van der Waals surface area contributed by atoms with E-state index in [0.29, 0.717) is 5.13 Å². The number of benzene rings is 1. The Morgan fingerprint density at radius 1 is 1.50 bits per heavy atom. The molecule has 0 saturated heterocycles. The Hall–Kier alpha value is -2.06. The molecule has 1 aromatic carbocycles. The Balaban J connectivity index is 2.25. The predicted molar refractivity (Wildman–Crippen MR) is 97.5 cm³/mol. The van der Waals surface area contributed by atoms with Crippen LogP contribution in [-0.2, 0) is 0 Å². The molecule has 8 heteroatoms. The minimum Gasteiger partial charge on any atom is -0.370 e. The third kappa shape index (κ3) is 4.22. The zero-order chi connectivity index (χ0) is 15.9. The van der Waals surface area contributed by atoms with Gasteiger partial charge in [0.25, 0.3) is 0 Å². The molecule has 0 atom stereocenters. The van der Waals surface area contributed by atoms with Crippen LogP contribution in [0.15, 0.2) is 34.6 Å². The summed E-state index contributed by atoms with van der Waals surface area (Å²) in [7, 11) is 0. The van der Waals surface area contributed by atoms with E-state index < -0.39 is 0 Å². The molecule has 6 nitrogen and oxygen atoms in total. The van der Waals surface area contributed by atoms with Gasteiger partial charge < -0.3 is 16.4 Å². The van der Waals surface area contributed by atoms with Crippen LogP contribution in [0.2, 0.25) is 0 Å². The lowest BCUT2D eigenvalue weighted by Crippen LogP contribution is -2.23. The first-order chi connectivity index (χ1) is 10.6. The smallest absolute Gasteiger partial charge is 0.212 e. The fourth-order valence-electron chi connectivity index (χ4n) is 1.86. The number of rotatable bonds is 7. The molecule has 1 heterocycles. The first-order valence-electron chi connectivity index (χ1n) is 6.56. The van der Waals surface area contributed by atoms with E-state index >= 15 is 0 Å². The summed E-state index contributed by atoms with van der Waals surface area (Å²) in [6.07, 6.45) is 3.40. The number of anilines is 1. The van der Waals surface area contributed by atoms with E-state index in [9.17, 15) is 0 Å². The molecule has 2 rings (SSSR count). The van der Waals surface area contributed by atoms with E-state index in [2.05, 4.69) is 16.2 Å². The monoisotopic (exact) mass is 334 g/mol. The minimum absolute atomic E-state index is 0.00157. The molecule has 0 radical (unpaired) electrons. The van der Waals surface area contributed by atoms with E-state index in [4.69, 9.17) is 16.9 Å². The van der Waals surface area contributed by atoms with Crippen LogP contribution in [0.1, 0.15) is 0 Å². The third-order valence-electron chi connectivity index (χ3n) is 2.88. The van der Waals surface area contributed by atoms with Crippen molar-refractivity contribution in [2.75, 3.05) is 23.5 Å². The van der Waals surface area contributed by atoms with Crippen molar-refractivity contribution in [2.45, 2.75) is 0 Å². The van der Waals surface area contributed by atoms with E-state index in [1.807, 2.05) is 34.5 Å². The van der Waals surface area contributed by atoms with Gasteiger partial charge in [-0.1, -0.05) is 12.1 Å². The molecule has 0 unspecified atom stereocenters. The van der Waals surface area contributed by atoms with E-state index in [1.54, 1.807) is 11.8 Å². The fraction of sp³-hybridized carbons (Fsp3) is 0.214. The van der Waals surface area contributed by atoms with Crippen molar-refractivity contribution in [1.82, 2.24) is 4.98 Å². The Kier molecular flexibility index (Phi) is 5.79. The molecule has 0 saturated carbocycles. The number of hydrogen-bond acceptors (Lipinski definition) is 5. The molecule has 0 amide bonds. The number of aromatic nitrogens is 1. The summed E-state index contributed by atoms with van der Waals surface area (Å²) >= 11 is 3.14. The van der Waals surface area contributed by atoms with Crippen LogP contribution in [0, 0.1) is 5.41 Å². The maximum absolute atomic E-state index is 7.56. The Bertz CT molecular complexity index is 663. The van der Waals surface area contributed by atoms with Crippen LogP contribution < -0.4 is 16.4 Å². The second-order valence-electron chi connectivity index (χ2n) is 4.42. The van der Waals surface area contributed by atoms with Crippen LogP contribution >= 0.6 is 23.1 Å². The first kappa shape index (κ1) is 16.3. The molecular weight excluding hydrogens is 316 g/mol. The van der Waals surface area contributed by atoms with Crippen molar-refractivity contribution in [2.24, 2.45) is 16.5 Å². The number of nitrogens with two attached hydrogens (primary N) is 2. The highest BCUT2D eigenvalue weighted by molar-refractivity contribution is 7.98.